The third kappa shape index (κ3) is 7.81. The van der Waals surface area contributed by atoms with Crippen molar-refractivity contribution in [3.05, 3.63) is 114 Å². The van der Waals surface area contributed by atoms with Crippen LogP contribution in [0.1, 0.15) is 41.8 Å². The quantitative estimate of drug-likeness (QED) is 0.189. The summed E-state index contributed by atoms with van der Waals surface area (Å²) in [6.45, 7) is 4.93. The molecule has 0 aliphatic heterocycles. The van der Waals surface area contributed by atoms with Crippen LogP contribution in [0.5, 0.6) is 17.2 Å². The van der Waals surface area contributed by atoms with Gasteiger partial charge in [-0.2, -0.15) is 0 Å². The van der Waals surface area contributed by atoms with E-state index in [4.69, 9.17) is 15.2 Å². The van der Waals surface area contributed by atoms with Gasteiger partial charge in [0.15, 0.2) is 0 Å². The second-order valence-electron chi connectivity index (χ2n) is 8.14. The standard InChI is InChI=1S/C27H24N2O4.C3H8/c28-21-11-14-24(25(30)15-21)29-27(31)23-13-12-22(32-17-19-7-3-1-4-8-19)16-26(23)33-18-20-9-5-2-6-10-20;1-3-2/h1-16,30H,17-18,28H2,(H,29,31);3H2,1-2H3. The second kappa shape index (κ2) is 13.4. The van der Waals surface area contributed by atoms with E-state index in [-0.39, 0.29) is 18.0 Å². The summed E-state index contributed by atoms with van der Waals surface area (Å²) in [6, 6.07) is 29.1. The Hall–Kier alpha value is -4.45. The van der Waals surface area contributed by atoms with Gasteiger partial charge in [-0.3, -0.25) is 4.79 Å². The Kier molecular flexibility index (Phi) is 9.77. The average molecular weight is 485 g/mol. The van der Waals surface area contributed by atoms with Gasteiger partial charge in [-0.15, -0.1) is 0 Å². The van der Waals surface area contributed by atoms with Crippen LogP contribution in [0, 0.1) is 0 Å². The van der Waals surface area contributed by atoms with Crippen molar-refractivity contribution in [1.82, 2.24) is 0 Å². The molecule has 0 spiro atoms. The number of anilines is 2. The van der Waals surface area contributed by atoms with Gasteiger partial charge in [-0.1, -0.05) is 80.9 Å². The minimum atomic E-state index is -0.423. The molecule has 6 heteroatoms. The van der Waals surface area contributed by atoms with Gasteiger partial charge < -0.3 is 25.6 Å². The number of hydrogen-bond donors (Lipinski definition) is 3. The molecule has 1 amide bonds. The lowest BCUT2D eigenvalue weighted by molar-refractivity contribution is 0.102. The lowest BCUT2D eigenvalue weighted by Crippen LogP contribution is -2.14. The first-order valence-electron chi connectivity index (χ1n) is 11.9. The zero-order valence-electron chi connectivity index (χ0n) is 20.6. The number of hydrogen-bond acceptors (Lipinski definition) is 5. The van der Waals surface area contributed by atoms with Crippen LogP contribution in [0.15, 0.2) is 97.1 Å². The first-order valence-corrected chi connectivity index (χ1v) is 11.9. The van der Waals surface area contributed by atoms with E-state index in [0.717, 1.165) is 11.1 Å². The maximum absolute atomic E-state index is 13.0. The predicted octanol–water partition coefficient (Wildman–Crippen LogP) is 6.80. The molecule has 0 aliphatic carbocycles. The Morgan fingerprint density at radius 2 is 1.39 bits per heavy atom. The van der Waals surface area contributed by atoms with Gasteiger partial charge in [0.1, 0.15) is 30.5 Å². The Morgan fingerprint density at radius 3 is 1.97 bits per heavy atom. The summed E-state index contributed by atoms with van der Waals surface area (Å²) in [6.07, 6.45) is 1.25. The van der Waals surface area contributed by atoms with Gasteiger partial charge in [0.2, 0.25) is 0 Å². The maximum atomic E-state index is 13.0. The molecule has 186 valence electrons. The van der Waals surface area contributed by atoms with E-state index in [2.05, 4.69) is 19.2 Å². The first-order chi connectivity index (χ1) is 17.5. The van der Waals surface area contributed by atoms with E-state index < -0.39 is 5.91 Å². The summed E-state index contributed by atoms with van der Waals surface area (Å²) >= 11 is 0. The molecule has 0 aromatic heterocycles. The lowest BCUT2D eigenvalue weighted by Gasteiger charge is -2.15. The van der Waals surface area contributed by atoms with E-state index in [0.29, 0.717) is 29.4 Å². The highest BCUT2D eigenvalue weighted by atomic mass is 16.5. The van der Waals surface area contributed by atoms with Crippen molar-refractivity contribution < 1.29 is 19.4 Å². The lowest BCUT2D eigenvalue weighted by atomic mass is 10.1. The molecule has 0 fully saturated rings. The number of benzene rings is 4. The molecule has 0 heterocycles. The molecule has 36 heavy (non-hydrogen) atoms. The number of ether oxygens (including phenoxy) is 2. The highest BCUT2D eigenvalue weighted by Crippen LogP contribution is 2.30. The fourth-order valence-corrected chi connectivity index (χ4v) is 3.22. The van der Waals surface area contributed by atoms with Gasteiger partial charge in [-0.05, 0) is 35.4 Å². The Bertz CT molecular complexity index is 1240. The molecule has 0 aliphatic rings. The number of nitrogens with two attached hydrogens (primary N) is 1. The molecule has 4 aromatic carbocycles. The van der Waals surface area contributed by atoms with Crippen molar-refractivity contribution in [2.75, 3.05) is 11.1 Å². The molecular formula is C30H32N2O4. The molecule has 0 saturated carbocycles. The fourth-order valence-electron chi connectivity index (χ4n) is 3.22. The van der Waals surface area contributed by atoms with Crippen LogP contribution in [-0.2, 0) is 13.2 Å². The molecule has 6 nitrogen and oxygen atoms in total. The SMILES string of the molecule is CCC.Nc1ccc(NC(=O)c2ccc(OCc3ccccc3)cc2OCc2ccccc2)c(O)c1. The van der Waals surface area contributed by atoms with Crippen LogP contribution < -0.4 is 20.5 Å². The summed E-state index contributed by atoms with van der Waals surface area (Å²) in [5.41, 5.74) is 8.64. The number of rotatable bonds is 8. The van der Waals surface area contributed by atoms with Crippen LogP contribution in [0.4, 0.5) is 11.4 Å². The van der Waals surface area contributed by atoms with E-state index in [1.54, 1.807) is 30.3 Å². The third-order valence-electron chi connectivity index (χ3n) is 4.95. The van der Waals surface area contributed by atoms with Crippen LogP contribution in [0.25, 0.3) is 0 Å². The summed E-state index contributed by atoms with van der Waals surface area (Å²) in [4.78, 5) is 13.0. The minimum Gasteiger partial charge on any atom is -0.506 e. The van der Waals surface area contributed by atoms with E-state index in [1.165, 1.54) is 12.5 Å². The number of aromatic hydroxyl groups is 1. The molecule has 0 radical (unpaired) electrons. The zero-order valence-corrected chi connectivity index (χ0v) is 20.6. The fraction of sp³-hybridized carbons (Fsp3) is 0.167. The van der Waals surface area contributed by atoms with Gasteiger partial charge in [0.25, 0.3) is 5.91 Å². The summed E-state index contributed by atoms with van der Waals surface area (Å²) in [7, 11) is 0. The number of nitrogen functional groups attached to an aromatic ring is 1. The Morgan fingerprint density at radius 1 is 0.806 bits per heavy atom. The summed E-state index contributed by atoms with van der Waals surface area (Å²) in [5, 5.41) is 12.8. The number of carbonyl (C=O) groups excluding carboxylic acids is 1. The largest absolute Gasteiger partial charge is 0.506 e. The number of phenols is 1. The highest BCUT2D eigenvalue weighted by Gasteiger charge is 2.16. The van der Waals surface area contributed by atoms with Crippen molar-refractivity contribution in [3.63, 3.8) is 0 Å². The average Bonchev–Trinajstić information content (AvgIpc) is 2.89. The highest BCUT2D eigenvalue weighted by molar-refractivity contribution is 6.07. The minimum absolute atomic E-state index is 0.113. The van der Waals surface area contributed by atoms with Crippen molar-refractivity contribution >= 4 is 17.3 Å². The second-order valence-corrected chi connectivity index (χ2v) is 8.14. The number of phenolic OH excluding ortho intramolecular Hbond substituents is 1. The molecule has 4 N–H and O–H groups in total. The monoisotopic (exact) mass is 484 g/mol. The van der Waals surface area contributed by atoms with Crippen LogP contribution in [0.2, 0.25) is 0 Å². The Labute approximate surface area is 212 Å². The zero-order chi connectivity index (χ0) is 25.8. The molecule has 4 aromatic rings. The number of carbonyl (C=O) groups is 1. The van der Waals surface area contributed by atoms with Gasteiger partial charge in [0.05, 0.1) is 11.3 Å². The van der Waals surface area contributed by atoms with Gasteiger partial charge >= 0.3 is 0 Å². The molecule has 0 atom stereocenters. The van der Waals surface area contributed by atoms with Crippen LogP contribution in [0.3, 0.4) is 0 Å². The van der Waals surface area contributed by atoms with Crippen molar-refractivity contribution in [2.24, 2.45) is 0 Å². The van der Waals surface area contributed by atoms with E-state index >= 15 is 0 Å². The first kappa shape index (κ1) is 26.2. The van der Waals surface area contributed by atoms with Crippen molar-refractivity contribution in [2.45, 2.75) is 33.5 Å². The van der Waals surface area contributed by atoms with Crippen LogP contribution in [-0.4, -0.2) is 11.0 Å². The predicted molar refractivity (Wildman–Crippen MR) is 144 cm³/mol. The van der Waals surface area contributed by atoms with Gasteiger partial charge in [0, 0.05) is 17.8 Å². The summed E-state index contributed by atoms with van der Waals surface area (Å²) < 4.78 is 11.9. The molecule has 0 unspecified atom stereocenters. The molecule has 0 saturated heterocycles. The van der Waals surface area contributed by atoms with E-state index in [1.807, 2.05) is 60.7 Å². The third-order valence-corrected chi connectivity index (χ3v) is 4.95. The normalized spacial score (nSPS) is 10.1. The molecule has 4 rings (SSSR count). The number of nitrogens with one attached hydrogen (secondary N) is 1. The van der Waals surface area contributed by atoms with Gasteiger partial charge in [-0.25, -0.2) is 0 Å². The smallest absolute Gasteiger partial charge is 0.259 e. The molecular weight excluding hydrogens is 452 g/mol. The number of amides is 1. The molecule has 0 bridgehead atoms. The van der Waals surface area contributed by atoms with Crippen LogP contribution >= 0.6 is 0 Å². The summed E-state index contributed by atoms with van der Waals surface area (Å²) in [5.74, 6) is 0.413. The topological polar surface area (TPSA) is 93.8 Å². The maximum Gasteiger partial charge on any atom is 0.259 e. The van der Waals surface area contributed by atoms with Crippen molar-refractivity contribution in [3.8, 4) is 17.2 Å². The van der Waals surface area contributed by atoms with Crippen molar-refractivity contribution in [1.29, 1.82) is 0 Å². The Balaban J connectivity index is 0.00000115. The van der Waals surface area contributed by atoms with E-state index in [9.17, 15) is 9.90 Å².